The van der Waals surface area contributed by atoms with Gasteiger partial charge in [-0.05, 0) is 51.3 Å². The Hall–Kier alpha value is -1.26. The van der Waals surface area contributed by atoms with Crippen molar-refractivity contribution in [1.29, 1.82) is 0 Å². The van der Waals surface area contributed by atoms with Crippen molar-refractivity contribution >= 4 is 0 Å². The summed E-state index contributed by atoms with van der Waals surface area (Å²) < 4.78 is 17.0. The highest BCUT2D eigenvalue weighted by atomic mass is 16.5. The van der Waals surface area contributed by atoms with E-state index in [1.165, 1.54) is 19.3 Å². The van der Waals surface area contributed by atoms with Crippen LogP contribution >= 0.6 is 0 Å². The number of rotatable bonds is 9. The van der Waals surface area contributed by atoms with Gasteiger partial charge in [0.1, 0.15) is 6.61 Å². The molecule has 1 atom stereocenters. The number of ether oxygens (including phenoxy) is 3. The van der Waals surface area contributed by atoms with Gasteiger partial charge in [-0.3, -0.25) is 0 Å². The summed E-state index contributed by atoms with van der Waals surface area (Å²) in [7, 11) is 0. The van der Waals surface area contributed by atoms with Gasteiger partial charge in [0.05, 0.1) is 12.7 Å². The van der Waals surface area contributed by atoms with Crippen LogP contribution in [0.4, 0.5) is 0 Å². The second-order valence-corrected chi connectivity index (χ2v) is 5.26. The largest absolute Gasteiger partial charge is 0.490 e. The van der Waals surface area contributed by atoms with Crippen molar-refractivity contribution in [3.05, 3.63) is 24.3 Å². The first-order valence-corrected chi connectivity index (χ1v) is 8.07. The van der Waals surface area contributed by atoms with Crippen molar-refractivity contribution < 1.29 is 14.2 Å². The number of nitrogens with one attached hydrogen (secondary N) is 1. The Morgan fingerprint density at radius 2 is 1.95 bits per heavy atom. The molecule has 0 aliphatic carbocycles. The minimum absolute atomic E-state index is 0.450. The predicted octanol–water partition coefficient (Wildman–Crippen LogP) is 3.01. The zero-order valence-electron chi connectivity index (χ0n) is 13.0. The lowest BCUT2D eigenvalue weighted by atomic mass is 10.1. The molecule has 1 aromatic carbocycles. The van der Waals surface area contributed by atoms with Crippen molar-refractivity contribution in [2.24, 2.45) is 0 Å². The van der Waals surface area contributed by atoms with Gasteiger partial charge in [-0.25, -0.2) is 0 Å². The molecule has 0 aromatic heterocycles. The molecule has 4 heteroatoms. The Balaban J connectivity index is 1.57. The molecule has 4 nitrogen and oxygen atoms in total. The minimum atomic E-state index is 0.450. The van der Waals surface area contributed by atoms with Crippen LogP contribution in [0.5, 0.6) is 11.5 Å². The minimum Gasteiger partial charge on any atom is -0.490 e. The number of benzene rings is 1. The zero-order chi connectivity index (χ0) is 14.8. The molecule has 0 bridgehead atoms. The molecule has 0 spiro atoms. The second kappa shape index (κ2) is 9.64. The fraction of sp³-hybridized carbons (Fsp3) is 0.647. The third-order valence-corrected chi connectivity index (χ3v) is 3.60. The van der Waals surface area contributed by atoms with E-state index in [-0.39, 0.29) is 0 Å². The molecular formula is C17H27NO3. The van der Waals surface area contributed by atoms with Crippen molar-refractivity contribution in [3.8, 4) is 11.5 Å². The van der Waals surface area contributed by atoms with Crippen LogP contribution in [0.2, 0.25) is 0 Å². The van der Waals surface area contributed by atoms with Crippen LogP contribution in [-0.4, -0.2) is 39.0 Å². The summed E-state index contributed by atoms with van der Waals surface area (Å²) in [6.07, 6.45) is 5.28. The molecule has 21 heavy (non-hydrogen) atoms. The van der Waals surface area contributed by atoms with Crippen LogP contribution in [-0.2, 0) is 4.74 Å². The van der Waals surface area contributed by atoms with Gasteiger partial charge in [0.2, 0.25) is 0 Å². The van der Waals surface area contributed by atoms with E-state index in [2.05, 4.69) is 5.32 Å². The van der Waals surface area contributed by atoms with Crippen LogP contribution in [0.1, 0.15) is 32.6 Å². The first kappa shape index (κ1) is 16.1. The Bertz CT molecular complexity index is 391. The summed E-state index contributed by atoms with van der Waals surface area (Å²) in [5, 5.41) is 3.41. The Morgan fingerprint density at radius 1 is 1.14 bits per heavy atom. The van der Waals surface area contributed by atoms with Gasteiger partial charge in [-0.15, -0.1) is 0 Å². The van der Waals surface area contributed by atoms with Gasteiger partial charge in [-0.2, -0.15) is 0 Å². The molecular weight excluding hydrogens is 266 g/mol. The zero-order valence-corrected chi connectivity index (χ0v) is 13.0. The lowest BCUT2D eigenvalue weighted by Gasteiger charge is -2.22. The van der Waals surface area contributed by atoms with Gasteiger partial charge in [0.15, 0.2) is 11.5 Å². The van der Waals surface area contributed by atoms with Crippen molar-refractivity contribution in [1.82, 2.24) is 5.32 Å². The van der Waals surface area contributed by atoms with Crippen molar-refractivity contribution in [3.63, 3.8) is 0 Å². The van der Waals surface area contributed by atoms with E-state index in [0.29, 0.717) is 19.3 Å². The smallest absolute Gasteiger partial charge is 0.161 e. The molecule has 1 heterocycles. The molecule has 1 aliphatic rings. The highest BCUT2D eigenvalue weighted by molar-refractivity contribution is 5.39. The van der Waals surface area contributed by atoms with E-state index in [4.69, 9.17) is 14.2 Å². The monoisotopic (exact) mass is 293 g/mol. The highest BCUT2D eigenvalue weighted by Gasteiger charge is 2.12. The maximum Gasteiger partial charge on any atom is 0.161 e. The van der Waals surface area contributed by atoms with Gasteiger partial charge < -0.3 is 19.5 Å². The average Bonchev–Trinajstić information content (AvgIpc) is 2.53. The quantitative estimate of drug-likeness (QED) is 0.711. The second-order valence-electron chi connectivity index (χ2n) is 5.26. The van der Waals surface area contributed by atoms with Crippen molar-refractivity contribution in [2.75, 3.05) is 32.9 Å². The van der Waals surface area contributed by atoms with Gasteiger partial charge in [0.25, 0.3) is 0 Å². The molecule has 2 rings (SSSR count). The maximum atomic E-state index is 5.76. The van der Waals surface area contributed by atoms with Crippen LogP contribution < -0.4 is 14.8 Å². The predicted molar refractivity (Wildman–Crippen MR) is 84.2 cm³/mol. The fourth-order valence-corrected chi connectivity index (χ4v) is 2.50. The number of hydrogen-bond donors (Lipinski definition) is 1. The molecule has 1 fully saturated rings. The highest BCUT2D eigenvalue weighted by Crippen LogP contribution is 2.26. The Labute approximate surface area is 127 Å². The van der Waals surface area contributed by atoms with E-state index >= 15 is 0 Å². The summed E-state index contributed by atoms with van der Waals surface area (Å²) in [6, 6.07) is 7.81. The first-order valence-electron chi connectivity index (χ1n) is 8.07. The molecule has 1 unspecified atom stereocenters. The number of hydrogen-bond acceptors (Lipinski definition) is 4. The van der Waals surface area contributed by atoms with E-state index in [0.717, 1.165) is 37.6 Å². The normalized spacial score (nSPS) is 18.4. The lowest BCUT2D eigenvalue weighted by Crippen LogP contribution is -2.27. The van der Waals surface area contributed by atoms with Crippen LogP contribution in [0.25, 0.3) is 0 Å². The molecule has 0 saturated carbocycles. The molecule has 1 aromatic rings. The summed E-state index contributed by atoms with van der Waals surface area (Å²) in [5.41, 5.74) is 0. The van der Waals surface area contributed by atoms with E-state index in [9.17, 15) is 0 Å². The van der Waals surface area contributed by atoms with Crippen LogP contribution in [0.15, 0.2) is 24.3 Å². The first-order chi connectivity index (χ1) is 10.4. The standard InChI is InChI=1S/C17H27NO3/c1-2-19-16-8-3-4-9-17(16)21-14-12-18-11-10-15-7-5-6-13-20-15/h3-4,8-9,15,18H,2,5-7,10-14H2,1H3. The summed E-state index contributed by atoms with van der Waals surface area (Å²) in [4.78, 5) is 0. The summed E-state index contributed by atoms with van der Waals surface area (Å²) in [6.45, 7) is 6.04. The molecule has 1 aliphatic heterocycles. The SMILES string of the molecule is CCOc1ccccc1OCCNCCC1CCCCO1. The Morgan fingerprint density at radius 3 is 2.67 bits per heavy atom. The van der Waals surface area contributed by atoms with Gasteiger partial charge in [-0.1, -0.05) is 12.1 Å². The van der Waals surface area contributed by atoms with Crippen LogP contribution in [0.3, 0.4) is 0 Å². The summed E-state index contributed by atoms with van der Waals surface area (Å²) in [5.74, 6) is 1.63. The van der Waals surface area contributed by atoms with Gasteiger partial charge in [0, 0.05) is 13.2 Å². The van der Waals surface area contributed by atoms with E-state index < -0.39 is 0 Å². The molecule has 0 amide bonds. The Kier molecular flexibility index (Phi) is 7.39. The maximum absolute atomic E-state index is 5.76. The fourth-order valence-electron chi connectivity index (χ4n) is 2.50. The molecule has 0 radical (unpaired) electrons. The van der Waals surface area contributed by atoms with Crippen molar-refractivity contribution in [2.45, 2.75) is 38.7 Å². The number of para-hydroxylation sites is 2. The molecule has 118 valence electrons. The summed E-state index contributed by atoms with van der Waals surface area (Å²) >= 11 is 0. The van der Waals surface area contributed by atoms with E-state index in [1.54, 1.807) is 0 Å². The lowest BCUT2D eigenvalue weighted by molar-refractivity contribution is 0.0115. The average molecular weight is 293 g/mol. The van der Waals surface area contributed by atoms with E-state index in [1.807, 2.05) is 31.2 Å². The molecule has 1 N–H and O–H groups in total. The third-order valence-electron chi connectivity index (χ3n) is 3.60. The van der Waals surface area contributed by atoms with Gasteiger partial charge >= 0.3 is 0 Å². The topological polar surface area (TPSA) is 39.7 Å². The molecule has 1 saturated heterocycles. The van der Waals surface area contributed by atoms with Crippen LogP contribution in [0, 0.1) is 0 Å². The third kappa shape index (κ3) is 5.94.